The number of carbonyl (C=O) groups is 5. The highest BCUT2D eigenvalue weighted by Crippen LogP contribution is 2.31. The number of ketones is 1. The van der Waals surface area contributed by atoms with E-state index in [1.807, 2.05) is 6.92 Å². The van der Waals surface area contributed by atoms with Crippen LogP contribution in [0, 0.1) is 0 Å². The SMILES string of the molecule is CCOc1ccc(/C=C/C(=O)C[C@@H]2O[C@H](COC(C)=O)[C@@H](OC(C)=O)[C@H](OC(C)=O)[C@H]2OC(C)=O)cc1. The van der Waals surface area contributed by atoms with E-state index in [0.29, 0.717) is 12.4 Å². The molecular weight excluding hydrogens is 488 g/mol. The summed E-state index contributed by atoms with van der Waals surface area (Å²) in [5, 5.41) is 0. The van der Waals surface area contributed by atoms with Gasteiger partial charge < -0.3 is 28.4 Å². The fourth-order valence-corrected chi connectivity index (χ4v) is 3.78. The average Bonchev–Trinajstić information content (AvgIpc) is 2.80. The van der Waals surface area contributed by atoms with Crippen LogP contribution in [0.4, 0.5) is 0 Å². The van der Waals surface area contributed by atoms with Crippen molar-refractivity contribution in [2.24, 2.45) is 0 Å². The Morgan fingerprint density at radius 3 is 1.84 bits per heavy atom. The Bertz CT molecular complexity index is 998. The molecule has 1 saturated heterocycles. The van der Waals surface area contributed by atoms with Crippen molar-refractivity contribution < 1.29 is 52.4 Å². The van der Waals surface area contributed by atoms with Gasteiger partial charge in [-0.1, -0.05) is 18.2 Å². The third-order valence-electron chi connectivity index (χ3n) is 5.14. The van der Waals surface area contributed by atoms with E-state index in [1.54, 1.807) is 30.3 Å². The van der Waals surface area contributed by atoms with Crippen molar-refractivity contribution in [2.45, 2.75) is 71.6 Å². The van der Waals surface area contributed by atoms with E-state index in [4.69, 9.17) is 28.4 Å². The standard InChI is InChI=1S/C26H32O11/c1-6-32-21-11-8-19(9-12-21)7-10-20(31)13-22-24(34-16(3)28)26(36-18(5)30)25(35-17(4)29)23(37-22)14-33-15(2)27/h7-12,22-26H,6,13-14H2,1-5H3/b10-7+/t22-,23+,24-,25+,26+/m0/s1. The molecule has 11 nitrogen and oxygen atoms in total. The molecule has 0 saturated carbocycles. The molecule has 5 atom stereocenters. The second kappa shape index (κ2) is 14.1. The van der Waals surface area contributed by atoms with Crippen molar-refractivity contribution in [3.63, 3.8) is 0 Å². The zero-order valence-corrected chi connectivity index (χ0v) is 21.5. The number of rotatable bonds is 11. The minimum Gasteiger partial charge on any atom is -0.494 e. The molecule has 0 aliphatic carbocycles. The van der Waals surface area contributed by atoms with Gasteiger partial charge in [0.1, 0.15) is 24.6 Å². The van der Waals surface area contributed by atoms with E-state index in [9.17, 15) is 24.0 Å². The summed E-state index contributed by atoms with van der Waals surface area (Å²) in [5.74, 6) is -2.51. The van der Waals surface area contributed by atoms with Crippen LogP contribution in [0.3, 0.4) is 0 Å². The van der Waals surface area contributed by atoms with Gasteiger partial charge in [0.25, 0.3) is 0 Å². The number of hydrogen-bond acceptors (Lipinski definition) is 11. The minimum atomic E-state index is -1.31. The van der Waals surface area contributed by atoms with E-state index >= 15 is 0 Å². The van der Waals surface area contributed by atoms with Gasteiger partial charge in [0, 0.05) is 34.1 Å². The Kier molecular flexibility index (Phi) is 11.3. The molecule has 1 fully saturated rings. The van der Waals surface area contributed by atoms with E-state index < -0.39 is 54.4 Å². The lowest BCUT2D eigenvalue weighted by Crippen LogP contribution is -2.62. The Hall–Kier alpha value is -3.73. The lowest BCUT2D eigenvalue weighted by atomic mass is 9.91. The second-order valence-corrected chi connectivity index (χ2v) is 8.24. The molecule has 202 valence electrons. The molecule has 1 heterocycles. The molecule has 2 rings (SSSR count). The van der Waals surface area contributed by atoms with Crippen LogP contribution in [0.1, 0.15) is 46.6 Å². The van der Waals surface area contributed by atoms with Crippen molar-refractivity contribution in [3.05, 3.63) is 35.9 Å². The van der Waals surface area contributed by atoms with Crippen LogP contribution in [0.15, 0.2) is 30.3 Å². The summed E-state index contributed by atoms with van der Waals surface area (Å²) in [6.45, 7) is 6.64. The highest BCUT2D eigenvalue weighted by molar-refractivity contribution is 5.94. The van der Waals surface area contributed by atoms with E-state index in [1.165, 1.54) is 13.0 Å². The molecule has 0 radical (unpaired) electrons. The van der Waals surface area contributed by atoms with Crippen LogP contribution >= 0.6 is 0 Å². The fourth-order valence-electron chi connectivity index (χ4n) is 3.78. The van der Waals surface area contributed by atoms with E-state index in [0.717, 1.165) is 26.3 Å². The highest BCUT2D eigenvalue weighted by atomic mass is 16.7. The topological polar surface area (TPSA) is 141 Å². The van der Waals surface area contributed by atoms with Gasteiger partial charge in [0.05, 0.1) is 6.61 Å². The predicted molar refractivity (Wildman–Crippen MR) is 128 cm³/mol. The lowest BCUT2D eigenvalue weighted by Gasteiger charge is -2.44. The zero-order chi connectivity index (χ0) is 27.5. The molecule has 1 aromatic rings. The molecule has 0 amide bonds. The Balaban J connectivity index is 2.31. The van der Waals surface area contributed by atoms with Gasteiger partial charge in [-0.05, 0) is 30.7 Å². The molecule has 0 spiro atoms. The van der Waals surface area contributed by atoms with Gasteiger partial charge in [-0.25, -0.2) is 0 Å². The first kappa shape index (κ1) is 29.5. The third-order valence-corrected chi connectivity index (χ3v) is 5.14. The first-order chi connectivity index (χ1) is 17.5. The van der Waals surface area contributed by atoms with Crippen LogP contribution in [0.25, 0.3) is 6.08 Å². The Labute approximate surface area is 215 Å². The number of ether oxygens (including phenoxy) is 6. The molecule has 1 aliphatic heterocycles. The van der Waals surface area contributed by atoms with Crippen molar-refractivity contribution >= 4 is 35.7 Å². The maximum absolute atomic E-state index is 12.8. The van der Waals surface area contributed by atoms with Gasteiger partial charge in [-0.15, -0.1) is 0 Å². The van der Waals surface area contributed by atoms with Gasteiger partial charge in [-0.3, -0.25) is 24.0 Å². The van der Waals surface area contributed by atoms with Crippen LogP contribution < -0.4 is 4.74 Å². The Morgan fingerprint density at radius 2 is 1.32 bits per heavy atom. The Morgan fingerprint density at radius 1 is 0.784 bits per heavy atom. The first-order valence-electron chi connectivity index (χ1n) is 11.7. The smallest absolute Gasteiger partial charge is 0.303 e. The number of benzene rings is 1. The number of esters is 4. The molecule has 1 aliphatic rings. The van der Waals surface area contributed by atoms with Crippen molar-refractivity contribution in [2.75, 3.05) is 13.2 Å². The maximum Gasteiger partial charge on any atom is 0.303 e. The quantitative estimate of drug-likeness (QED) is 0.241. The normalized spacial score (nSPS) is 23.1. The summed E-state index contributed by atoms with van der Waals surface area (Å²) in [4.78, 5) is 59.8. The van der Waals surface area contributed by atoms with Crippen molar-refractivity contribution in [1.29, 1.82) is 0 Å². The largest absolute Gasteiger partial charge is 0.494 e. The second-order valence-electron chi connectivity index (χ2n) is 8.24. The first-order valence-corrected chi connectivity index (χ1v) is 11.7. The summed E-state index contributed by atoms with van der Waals surface area (Å²) < 4.78 is 32.4. The zero-order valence-electron chi connectivity index (χ0n) is 21.5. The van der Waals surface area contributed by atoms with Crippen LogP contribution in [0.5, 0.6) is 5.75 Å². The monoisotopic (exact) mass is 520 g/mol. The maximum atomic E-state index is 12.8. The summed E-state index contributed by atoms with van der Waals surface area (Å²) in [5.41, 5.74) is 0.748. The van der Waals surface area contributed by atoms with Gasteiger partial charge >= 0.3 is 23.9 Å². The molecular formula is C26H32O11. The van der Waals surface area contributed by atoms with E-state index in [2.05, 4.69) is 0 Å². The summed E-state index contributed by atoms with van der Waals surface area (Å²) >= 11 is 0. The number of hydrogen-bond donors (Lipinski definition) is 0. The molecule has 0 bridgehead atoms. The summed E-state index contributed by atoms with van der Waals surface area (Å²) in [7, 11) is 0. The molecule has 0 aromatic heterocycles. The van der Waals surface area contributed by atoms with Crippen LogP contribution in [0.2, 0.25) is 0 Å². The predicted octanol–water partition coefficient (Wildman–Crippen LogP) is 2.18. The van der Waals surface area contributed by atoms with Gasteiger partial charge in [0.2, 0.25) is 0 Å². The summed E-state index contributed by atoms with van der Waals surface area (Å²) in [6, 6.07) is 7.10. The minimum absolute atomic E-state index is 0.271. The van der Waals surface area contributed by atoms with Crippen molar-refractivity contribution in [3.8, 4) is 5.75 Å². The van der Waals surface area contributed by atoms with Crippen LogP contribution in [-0.4, -0.2) is 73.4 Å². The number of carbonyl (C=O) groups excluding carboxylic acids is 5. The van der Waals surface area contributed by atoms with Crippen molar-refractivity contribution in [1.82, 2.24) is 0 Å². The summed E-state index contributed by atoms with van der Waals surface area (Å²) in [6.07, 6.45) is -3.39. The molecule has 11 heteroatoms. The third kappa shape index (κ3) is 9.68. The highest BCUT2D eigenvalue weighted by Gasteiger charge is 2.52. The van der Waals surface area contributed by atoms with E-state index in [-0.39, 0.29) is 18.8 Å². The molecule has 1 aromatic carbocycles. The molecule has 37 heavy (non-hydrogen) atoms. The lowest BCUT2D eigenvalue weighted by molar-refractivity contribution is -0.252. The van der Waals surface area contributed by atoms with Crippen LogP contribution in [-0.2, 0) is 47.7 Å². The average molecular weight is 521 g/mol. The molecule has 0 N–H and O–H groups in total. The van der Waals surface area contributed by atoms with Gasteiger partial charge in [-0.2, -0.15) is 0 Å². The molecule has 0 unspecified atom stereocenters. The number of allylic oxidation sites excluding steroid dienone is 1. The fraction of sp³-hybridized carbons (Fsp3) is 0.500. The van der Waals surface area contributed by atoms with Gasteiger partial charge in [0.15, 0.2) is 24.1 Å².